The molecule has 2 atom stereocenters. The van der Waals surface area contributed by atoms with Gasteiger partial charge in [-0.25, -0.2) is 4.39 Å². The molecule has 0 radical (unpaired) electrons. The third-order valence-electron chi connectivity index (χ3n) is 5.25. The highest BCUT2D eigenvalue weighted by Gasteiger charge is 2.37. The summed E-state index contributed by atoms with van der Waals surface area (Å²) in [7, 11) is 0. The lowest BCUT2D eigenvalue weighted by atomic mass is 9.60. The van der Waals surface area contributed by atoms with Gasteiger partial charge in [0.2, 0.25) is 0 Å². The number of hydrogen-bond acceptors (Lipinski definition) is 4. The van der Waals surface area contributed by atoms with Gasteiger partial charge in [0, 0.05) is 10.6 Å². The molecule has 0 bridgehead atoms. The van der Waals surface area contributed by atoms with Gasteiger partial charge in [0.15, 0.2) is 0 Å². The Labute approximate surface area is 190 Å². The highest BCUT2D eigenvalue weighted by atomic mass is 35.5. The number of rotatable bonds is 10. The topological polar surface area (TPSA) is 66.8 Å². The van der Waals surface area contributed by atoms with Gasteiger partial charge in [0.25, 0.3) is 6.92 Å². The van der Waals surface area contributed by atoms with Gasteiger partial charge in [-0.05, 0) is 68.3 Å². The van der Waals surface area contributed by atoms with Crippen LogP contribution in [0.4, 0.5) is 4.39 Å². The third kappa shape index (κ3) is 7.63. The number of benzene rings is 2. The largest absolute Gasteiger partial charge is 0.466 e. The van der Waals surface area contributed by atoms with Crippen LogP contribution < -0.4 is 0 Å². The number of aliphatic hydroxyl groups is 1. The van der Waals surface area contributed by atoms with Crippen molar-refractivity contribution in [1.29, 1.82) is 0 Å². The molecule has 4 nitrogen and oxygen atoms in total. The Morgan fingerprint density at radius 2 is 1.90 bits per heavy atom. The maximum absolute atomic E-state index is 14.1. The molecule has 0 heterocycles. The average Bonchev–Trinajstić information content (AvgIpc) is 2.70. The molecular weight excluding hydrogens is 418 g/mol. The number of aliphatic hydroxyl groups excluding tert-OH is 1. The van der Waals surface area contributed by atoms with Crippen LogP contribution in [0.2, 0.25) is 18.2 Å². The van der Waals surface area contributed by atoms with Crippen molar-refractivity contribution in [1.82, 2.24) is 0 Å². The van der Waals surface area contributed by atoms with Crippen LogP contribution in [0.15, 0.2) is 42.5 Å². The molecule has 0 fully saturated rings. The zero-order chi connectivity index (χ0) is 22.3. The third-order valence-corrected chi connectivity index (χ3v) is 5.48. The van der Waals surface area contributed by atoms with E-state index in [1.54, 1.807) is 26.7 Å². The van der Waals surface area contributed by atoms with Crippen molar-refractivity contribution in [3.63, 3.8) is 0 Å². The molecule has 0 saturated heterocycles. The number of esters is 1. The Morgan fingerprint density at radius 1 is 1.26 bits per heavy atom. The van der Waals surface area contributed by atoms with E-state index in [-0.39, 0.29) is 32.4 Å². The summed E-state index contributed by atoms with van der Waals surface area (Å²) >= 11 is 5.99. The van der Waals surface area contributed by atoms with Crippen LogP contribution in [0.25, 0.3) is 11.1 Å². The van der Waals surface area contributed by atoms with Crippen LogP contribution in [-0.4, -0.2) is 36.2 Å². The highest BCUT2D eigenvalue weighted by molar-refractivity contribution is 6.48. The van der Waals surface area contributed by atoms with Gasteiger partial charge in [0.05, 0.1) is 18.6 Å². The van der Waals surface area contributed by atoms with Crippen LogP contribution in [0.3, 0.4) is 0 Å². The van der Waals surface area contributed by atoms with E-state index in [0.29, 0.717) is 29.7 Å². The van der Waals surface area contributed by atoms with Crippen molar-refractivity contribution < 1.29 is 24.1 Å². The molecule has 2 aromatic carbocycles. The van der Waals surface area contributed by atoms with E-state index in [1.165, 1.54) is 12.1 Å². The Balaban J connectivity index is 0.00000480. The van der Waals surface area contributed by atoms with E-state index in [9.17, 15) is 19.3 Å². The van der Waals surface area contributed by atoms with Gasteiger partial charge in [0.1, 0.15) is 5.82 Å². The van der Waals surface area contributed by atoms with Gasteiger partial charge < -0.3 is 14.9 Å². The first-order valence-corrected chi connectivity index (χ1v) is 10.6. The van der Waals surface area contributed by atoms with E-state index in [2.05, 4.69) is 0 Å². The summed E-state index contributed by atoms with van der Waals surface area (Å²) in [5, 5.41) is 20.2. The van der Waals surface area contributed by atoms with Crippen molar-refractivity contribution in [2.24, 2.45) is 11.3 Å². The number of carbonyl (C=O) groups excluding carboxylic acids is 1. The Kier molecular flexibility index (Phi) is 10.7. The summed E-state index contributed by atoms with van der Waals surface area (Å²) in [5.41, 5.74) is 1.12. The first-order chi connectivity index (χ1) is 14.2. The van der Waals surface area contributed by atoms with E-state index in [0.717, 1.165) is 11.1 Å². The minimum absolute atomic E-state index is 0. The predicted octanol–water partition coefficient (Wildman–Crippen LogP) is 5.51. The molecule has 2 aromatic rings. The van der Waals surface area contributed by atoms with Crippen LogP contribution >= 0.6 is 11.6 Å². The Morgan fingerprint density at radius 3 is 2.45 bits per heavy atom. The summed E-state index contributed by atoms with van der Waals surface area (Å²) in [6.07, 6.45) is 1.48. The molecule has 0 aliphatic rings. The average molecular weight is 451 g/mol. The molecule has 0 saturated carbocycles. The maximum Gasteiger partial charge on any atom is 0.314 e. The smallest absolute Gasteiger partial charge is 0.314 e. The Hall–Kier alpha value is -1.89. The van der Waals surface area contributed by atoms with Crippen molar-refractivity contribution >= 4 is 24.5 Å². The molecule has 2 rings (SSSR count). The zero-order valence-corrected chi connectivity index (χ0v) is 18.5. The molecule has 0 aliphatic carbocycles. The second kappa shape index (κ2) is 12.2. The second-order valence-corrected chi connectivity index (χ2v) is 8.56. The van der Waals surface area contributed by atoms with E-state index in [4.69, 9.17) is 16.3 Å². The fraction of sp³-hybridized carbons (Fsp3) is 0.458. The SMILES string of the molecule is C.CCOC(=O)[C@](C)(CO)C[C@H](CB(C)O)Cc1ccc(-c2cc(Cl)ccc2F)cc1. The molecule has 7 heteroatoms. The summed E-state index contributed by atoms with van der Waals surface area (Å²) in [6, 6.07) is 11.9. The van der Waals surface area contributed by atoms with Gasteiger partial charge >= 0.3 is 5.97 Å². The minimum Gasteiger partial charge on any atom is -0.466 e. The molecule has 0 amide bonds. The van der Waals surface area contributed by atoms with E-state index < -0.39 is 18.3 Å². The molecule has 2 N–H and O–H groups in total. The number of halogens is 2. The molecule has 0 unspecified atom stereocenters. The number of ether oxygens (including phenoxy) is 1. The second-order valence-electron chi connectivity index (χ2n) is 8.12. The lowest BCUT2D eigenvalue weighted by molar-refractivity contribution is -0.158. The van der Waals surface area contributed by atoms with Crippen LogP contribution in [-0.2, 0) is 16.0 Å². The number of carbonyl (C=O) groups is 1. The summed E-state index contributed by atoms with van der Waals surface area (Å²) in [4.78, 5) is 12.3. The van der Waals surface area contributed by atoms with Gasteiger partial charge in [-0.1, -0.05) is 50.1 Å². The maximum atomic E-state index is 14.1. The van der Waals surface area contributed by atoms with Crippen molar-refractivity contribution in [2.75, 3.05) is 13.2 Å². The fourth-order valence-corrected chi connectivity index (χ4v) is 3.92. The van der Waals surface area contributed by atoms with Crippen LogP contribution in [0.1, 0.15) is 33.3 Å². The van der Waals surface area contributed by atoms with Crippen molar-refractivity contribution in [2.45, 2.75) is 47.3 Å². The van der Waals surface area contributed by atoms with Crippen molar-refractivity contribution in [3.8, 4) is 11.1 Å². The van der Waals surface area contributed by atoms with Gasteiger partial charge in [-0.3, -0.25) is 4.79 Å². The first kappa shape index (κ1) is 27.1. The molecule has 0 spiro atoms. The Bertz CT molecular complexity index is 844. The zero-order valence-electron chi connectivity index (χ0n) is 17.7. The first-order valence-electron chi connectivity index (χ1n) is 10.2. The molecule has 31 heavy (non-hydrogen) atoms. The minimum atomic E-state index is -1.03. The number of hydrogen-bond donors (Lipinski definition) is 2. The molecule has 170 valence electrons. The summed E-state index contributed by atoms with van der Waals surface area (Å²) < 4.78 is 19.3. The van der Waals surface area contributed by atoms with Crippen LogP contribution in [0, 0.1) is 17.2 Å². The molecule has 0 aliphatic heterocycles. The normalized spacial score (nSPS) is 13.6. The molecular formula is C24H33BClFO4. The fourth-order valence-electron chi connectivity index (χ4n) is 3.75. The summed E-state index contributed by atoms with van der Waals surface area (Å²) in [6.45, 7) is 4.50. The quantitative estimate of drug-likeness (QED) is 0.370. The van der Waals surface area contributed by atoms with Gasteiger partial charge in [-0.2, -0.15) is 0 Å². The monoisotopic (exact) mass is 450 g/mol. The van der Waals surface area contributed by atoms with Crippen LogP contribution in [0.5, 0.6) is 0 Å². The standard InChI is InChI=1S/C23H29BClFO4.CH4/c1-4-30-22(28)23(2,15-27)13-17(14-24(3)29)11-16-5-7-18(8-6-16)20-12-19(25)9-10-21(20)26;/h5-10,12,17,27,29H,4,11,13-15H2,1-3H3;1H4/t17-,23+;/m1./s1. The van der Waals surface area contributed by atoms with E-state index in [1.807, 2.05) is 24.3 Å². The van der Waals surface area contributed by atoms with Crippen molar-refractivity contribution in [3.05, 3.63) is 58.9 Å². The predicted molar refractivity (Wildman–Crippen MR) is 126 cm³/mol. The van der Waals surface area contributed by atoms with E-state index >= 15 is 0 Å². The molecule has 0 aromatic heterocycles. The summed E-state index contributed by atoms with van der Waals surface area (Å²) in [5.74, 6) is -0.817. The lowest BCUT2D eigenvalue weighted by Gasteiger charge is -2.30. The van der Waals surface area contributed by atoms with Gasteiger partial charge in [-0.15, -0.1) is 0 Å². The lowest BCUT2D eigenvalue weighted by Crippen LogP contribution is -2.36. The highest BCUT2D eigenvalue weighted by Crippen LogP contribution is 2.33.